The second-order valence-corrected chi connectivity index (χ2v) is 21.8. The van der Waals surface area contributed by atoms with Crippen LogP contribution in [0.1, 0.15) is 207 Å². The molecule has 0 amide bonds. The molecule has 0 spiro atoms. The van der Waals surface area contributed by atoms with Crippen LogP contribution in [0.3, 0.4) is 0 Å². The van der Waals surface area contributed by atoms with Gasteiger partial charge in [-0.3, -0.25) is 0 Å². The first kappa shape index (κ1) is 67.3. The van der Waals surface area contributed by atoms with Crippen LogP contribution in [0.5, 0.6) is 5.75 Å². The van der Waals surface area contributed by atoms with Crippen LogP contribution in [-0.2, 0) is 19.3 Å². The number of aryl methyl sites for hydroxylation is 2. The van der Waals surface area contributed by atoms with Gasteiger partial charge in [-0.1, -0.05) is 270 Å². The molecule has 70 heavy (non-hydrogen) atoms. The van der Waals surface area contributed by atoms with Crippen LogP contribution in [0, 0.1) is 30.1 Å². The van der Waals surface area contributed by atoms with Crippen LogP contribution < -0.4 is 4.74 Å². The highest BCUT2D eigenvalue weighted by Gasteiger charge is 2.09. The highest BCUT2D eigenvalue weighted by molar-refractivity contribution is 5.29. The van der Waals surface area contributed by atoms with E-state index in [9.17, 15) is 0 Å². The molecule has 2 nitrogen and oxygen atoms in total. The average Bonchev–Trinajstić information content (AvgIpc) is 3.83. The fraction of sp³-hybridized carbons (Fsp3) is 0.500. The van der Waals surface area contributed by atoms with E-state index in [0.29, 0.717) is 29.1 Å². The first-order valence-electron chi connectivity index (χ1n) is 26.5. The lowest BCUT2D eigenvalue weighted by Crippen LogP contribution is -2.04. The molecule has 0 bridgehead atoms. The van der Waals surface area contributed by atoms with Crippen molar-refractivity contribution in [2.75, 3.05) is 7.11 Å². The molecule has 0 fully saturated rings. The fourth-order valence-corrected chi connectivity index (χ4v) is 6.77. The lowest BCUT2D eigenvalue weighted by molar-refractivity contribution is 0.365. The standard InChI is InChI=1S/C13H20.C10H14O.2C10H14.C9H12.C8H12O.C7H16.CH4/c1-13(2,3)11-7-10-12-8-5-4-6-9-12;1-8(2)9-4-6-10(11-3)7-5-9;1-8(2)10-6-4-9(3)5-7-10;1-9(2)8-10-6-4-3-5-7-10;1-8(2)9-6-4-3-5-7-9;1-7(2)6-8-4-3-5-9-8;1-4-5-6-7(2)3;/h4-6,8-9H,7,10-11H2,1-3H3;4-8H,1-3H3;4-8H,1-3H3;3-7,9H,8H2,1-2H3;3-8H,1-2H3;3-5,7H,6H2,1-2H3;7H,4-6H2,1-3H3;1H4. The summed E-state index contributed by atoms with van der Waals surface area (Å²) in [6.07, 6.45) is 11.9. The number of methoxy groups -OCH3 is 1. The molecule has 0 unspecified atom stereocenters. The van der Waals surface area contributed by atoms with Crippen LogP contribution in [0.15, 0.2) is 162 Å². The zero-order chi connectivity index (χ0) is 52.0. The molecule has 6 rings (SSSR count). The summed E-state index contributed by atoms with van der Waals surface area (Å²) in [5.74, 6) is 6.28. The molecular formula is C68H106O2. The molecule has 2 heteroatoms. The molecule has 1 aromatic heterocycles. The van der Waals surface area contributed by atoms with E-state index in [-0.39, 0.29) is 7.43 Å². The van der Waals surface area contributed by atoms with Gasteiger partial charge >= 0.3 is 0 Å². The van der Waals surface area contributed by atoms with E-state index in [2.05, 4.69) is 239 Å². The Labute approximate surface area is 434 Å². The van der Waals surface area contributed by atoms with E-state index in [4.69, 9.17) is 9.15 Å². The van der Waals surface area contributed by atoms with Gasteiger partial charge in [0.2, 0.25) is 0 Å². The predicted molar refractivity (Wildman–Crippen MR) is 315 cm³/mol. The Hall–Kier alpha value is -4.82. The third kappa shape index (κ3) is 39.0. The van der Waals surface area contributed by atoms with Gasteiger partial charge in [-0.15, -0.1) is 0 Å². The van der Waals surface area contributed by atoms with Crippen molar-refractivity contribution < 1.29 is 9.15 Å². The molecule has 0 atom stereocenters. The van der Waals surface area contributed by atoms with Crippen LogP contribution in [0.2, 0.25) is 0 Å². The van der Waals surface area contributed by atoms with E-state index in [0.717, 1.165) is 29.8 Å². The van der Waals surface area contributed by atoms with E-state index in [1.54, 1.807) is 13.4 Å². The minimum absolute atomic E-state index is 0. The highest BCUT2D eigenvalue weighted by atomic mass is 16.5. The Morgan fingerprint density at radius 3 is 1.24 bits per heavy atom. The van der Waals surface area contributed by atoms with Gasteiger partial charge in [0, 0.05) is 6.42 Å². The van der Waals surface area contributed by atoms with Gasteiger partial charge in [-0.05, 0) is 126 Å². The molecule has 0 aliphatic heterocycles. The average molecular weight is 956 g/mol. The fourth-order valence-electron chi connectivity index (χ4n) is 6.77. The SMILES string of the molecule is C.CC(C)(C)CCCc1ccccc1.CC(C)Cc1ccccc1.CC(C)Cc1ccco1.CC(C)c1ccccc1.CCCCC(C)C.COc1ccc(C(C)C)cc1.Cc1ccc(C(C)C)cc1. The van der Waals surface area contributed by atoms with Crippen molar-refractivity contribution in [2.24, 2.45) is 23.2 Å². The Morgan fingerprint density at radius 1 is 0.471 bits per heavy atom. The van der Waals surface area contributed by atoms with Gasteiger partial charge in [0.15, 0.2) is 0 Å². The van der Waals surface area contributed by atoms with Gasteiger partial charge in [-0.25, -0.2) is 0 Å². The van der Waals surface area contributed by atoms with E-state index in [1.165, 1.54) is 78.3 Å². The minimum Gasteiger partial charge on any atom is -0.497 e. The highest BCUT2D eigenvalue weighted by Crippen LogP contribution is 2.22. The number of benzene rings is 5. The molecule has 6 aromatic rings. The van der Waals surface area contributed by atoms with Crippen molar-refractivity contribution in [1.29, 1.82) is 0 Å². The Balaban J connectivity index is 0. The second kappa shape index (κ2) is 40.9. The quantitative estimate of drug-likeness (QED) is 0.109. The van der Waals surface area contributed by atoms with Crippen molar-refractivity contribution in [3.63, 3.8) is 0 Å². The molecule has 0 aliphatic rings. The van der Waals surface area contributed by atoms with Gasteiger partial charge < -0.3 is 9.15 Å². The van der Waals surface area contributed by atoms with Crippen LogP contribution in [-0.4, -0.2) is 7.11 Å². The monoisotopic (exact) mass is 955 g/mol. The predicted octanol–water partition coefficient (Wildman–Crippen LogP) is 21.6. The van der Waals surface area contributed by atoms with Crippen LogP contribution >= 0.6 is 0 Å². The Kier molecular flexibility index (Phi) is 39.3. The third-order valence-electron chi connectivity index (χ3n) is 11.0. The summed E-state index contributed by atoms with van der Waals surface area (Å²) in [4.78, 5) is 0. The molecule has 0 aliphatic carbocycles. The Bertz CT molecular complexity index is 1960. The minimum atomic E-state index is 0. The summed E-state index contributed by atoms with van der Waals surface area (Å²) in [7, 11) is 1.68. The van der Waals surface area contributed by atoms with Crippen molar-refractivity contribution in [1.82, 2.24) is 0 Å². The van der Waals surface area contributed by atoms with Gasteiger partial charge in [0.25, 0.3) is 0 Å². The summed E-state index contributed by atoms with van der Waals surface area (Å²) in [6, 6.07) is 52.7. The van der Waals surface area contributed by atoms with E-state index in [1.807, 2.05) is 30.3 Å². The summed E-state index contributed by atoms with van der Waals surface area (Å²) < 4.78 is 10.2. The summed E-state index contributed by atoms with van der Waals surface area (Å²) in [6.45, 7) is 37.9. The molecule has 0 saturated heterocycles. The molecule has 390 valence electrons. The molecule has 5 aromatic carbocycles. The van der Waals surface area contributed by atoms with E-state index < -0.39 is 0 Å². The maximum Gasteiger partial charge on any atom is 0.118 e. The van der Waals surface area contributed by atoms with Crippen molar-refractivity contribution in [3.8, 4) is 5.75 Å². The molecule has 1 heterocycles. The number of hydrogen-bond donors (Lipinski definition) is 0. The van der Waals surface area contributed by atoms with Gasteiger partial charge in [0.1, 0.15) is 11.5 Å². The molecule has 0 saturated carbocycles. The summed E-state index contributed by atoms with van der Waals surface area (Å²) >= 11 is 0. The Morgan fingerprint density at radius 2 is 0.900 bits per heavy atom. The molecule has 0 N–H and O–H groups in total. The second-order valence-electron chi connectivity index (χ2n) is 21.8. The van der Waals surface area contributed by atoms with Crippen molar-refractivity contribution in [3.05, 3.63) is 197 Å². The van der Waals surface area contributed by atoms with Gasteiger partial charge in [0.05, 0.1) is 13.4 Å². The number of unbranched alkanes of at least 4 members (excludes halogenated alkanes) is 1. The first-order valence-corrected chi connectivity index (χ1v) is 26.5. The third-order valence-corrected chi connectivity index (χ3v) is 11.0. The lowest BCUT2D eigenvalue weighted by atomic mass is 9.89. The summed E-state index contributed by atoms with van der Waals surface area (Å²) in [5, 5.41) is 0. The smallest absolute Gasteiger partial charge is 0.118 e. The molecule has 0 radical (unpaired) electrons. The first-order chi connectivity index (χ1) is 32.7. The van der Waals surface area contributed by atoms with Crippen molar-refractivity contribution >= 4 is 0 Å². The van der Waals surface area contributed by atoms with Crippen molar-refractivity contribution in [2.45, 2.75) is 194 Å². The number of hydrogen-bond acceptors (Lipinski definition) is 2. The van der Waals surface area contributed by atoms with Crippen LogP contribution in [0.25, 0.3) is 0 Å². The van der Waals surface area contributed by atoms with Crippen LogP contribution in [0.4, 0.5) is 0 Å². The maximum absolute atomic E-state index is 5.14. The zero-order valence-electron chi connectivity index (χ0n) is 47.4. The number of furan rings is 1. The largest absolute Gasteiger partial charge is 0.497 e. The summed E-state index contributed by atoms with van der Waals surface area (Å²) in [5.41, 5.74) is 8.91. The lowest BCUT2D eigenvalue weighted by Gasteiger charge is -2.17. The molecular weight excluding hydrogens is 849 g/mol. The van der Waals surface area contributed by atoms with Gasteiger partial charge in [-0.2, -0.15) is 0 Å². The number of rotatable bonds is 14. The topological polar surface area (TPSA) is 22.4 Å². The zero-order valence-corrected chi connectivity index (χ0v) is 47.4. The van der Waals surface area contributed by atoms with E-state index >= 15 is 0 Å². The number of ether oxygens (including phenoxy) is 1. The normalized spacial score (nSPS) is 10.4. The maximum atomic E-state index is 5.14.